The van der Waals surface area contributed by atoms with E-state index in [2.05, 4.69) is 37.8 Å². The summed E-state index contributed by atoms with van der Waals surface area (Å²) in [7, 11) is 0. The average Bonchev–Trinajstić information content (AvgIpc) is 2.77. The molecule has 0 unspecified atom stereocenters. The SMILES string of the molecule is CCn1ccnc1CN1CCN(C2CNC2)CC1. The lowest BCUT2D eigenvalue weighted by atomic mass is 10.1. The molecule has 2 aliphatic heterocycles. The molecule has 1 aromatic rings. The van der Waals surface area contributed by atoms with Gasteiger partial charge in [0.2, 0.25) is 0 Å². The van der Waals surface area contributed by atoms with Crippen LogP contribution in [0.1, 0.15) is 12.7 Å². The molecule has 5 heteroatoms. The fourth-order valence-corrected chi connectivity index (χ4v) is 2.80. The van der Waals surface area contributed by atoms with Crippen LogP contribution < -0.4 is 5.32 Å². The van der Waals surface area contributed by atoms with Gasteiger partial charge in [0.15, 0.2) is 0 Å². The zero-order valence-corrected chi connectivity index (χ0v) is 11.2. The van der Waals surface area contributed by atoms with Crippen molar-refractivity contribution >= 4 is 0 Å². The van der Waals surface area contributed by atoms with Crippen LogP contribution in [0.15, 0.2) is 12.4 Å². The second-order valence-electron chi connectivity index (χ2n) is 5.25. The quantitative estimate of drug-likeness (QED) is 0.814. The number of hydrogen-bond donors (Lipinski definition) is 1. The van der Waals surface area contributed by atoms with E-state index in [0.29, 0.717) is 0 Å². The van der Waals surface area contributed by atoms with E-state index in [1.54, 1.807) is 0 Å². The molecule has 0 saturated carbocycles. The average molecular weight is 249 g/mol. The van der Waals surface area contributed by atoms with E-state index >= 15 is 0 Å². The molecule has 0 amide bonds. The molecule has 3 rings (SSSR count). The molecule has 0 bridgehead atoms. The van der Waals surface area contributed by atoms with Gasteiger partial charge in [-0.2, -0.15) is 0 Å². The maximum Gasteiger partial charge on any atom is 0.122 e. The Hall–Kier alpha value is -0.910. The third-order valence-electron chi connectivity index (χ3n) is 4.19. The molecule has 5 nitrogen and oxygen atoms in total. The van der Waals surface area contributed by atoms with E-state index in [1.807, 2.05) is 6.20 Å². The van der Waals surface area contributed by atoms with Crippen LogP contribution in [0.2, 0.25) is 0 Å². The van der Waals surface area contributed by atoms with Crippen molar-refractivity contribution in [1.29, 1.82) is 0 Å². The summed E-state index contributed by atoms with van der Waals surface area (Å²) in [5.74, 6) is 1.20. The van der Waals surface area contributed by atoms with E-state index in [4.69, 9.17) is 0 Å². The minimum absolute atomic E-state index is 0.796. The van der Waals surface area contributed by atoms with Crippen molar-refractivity contribution in [2.24, 2.45) is 0 Å². The summed E-state index contributed by atoms with van der Waals surface area (Å²) in [5.41, 5.74) is 0. The van der Waals surface area contributed by atoms with Crippen molar-refractivity contribution in [2.45, 2.75) is 26.1 Å². The maximum absolute atomic E-state index is 4.46. The highest BCUT2D eigenvalue weighted by atomic mass is 15.3. The van der Waals surface area contributed by atoms with Gasteiger partial charge in [-0.25, -0.2) is 4.98 Å². The van der Waals surface area contributed by atoms with Crippen molar-refractivity contribution in [2.75, 3.05) is 39.3 Å². The Labute approximate surface area is 109 Å². The van der Waals surface area contributed by atoms with Crippen molar-refractivity contribution in [3.63, 3.8) is 0 Å². The molecule has 100 valence electrons. The third-order valence-corrected chi connectivity index (χ3v) is 4.19. The second kappa shape index (κ2) is 5.38. The number of imidazole rings is 1. The molecule has 2 saturated heterocycles. The normalized spacial score (nSPS) is 23.2. The smallest absolute Gasteiger partial charge is 0.122 e. The Morgan fingerprint density at radius 2 is 2.06 bits per heavy atom. The van der Waals surface area contributed by atoms with Crippen LogP contribution in [-0.2, 0) is 13.1 Å². The lowest BCUT2D eigenvalue weighted by molar-refractivity contribution is 0.0679. The van der Waals surface area contributed by atoms with E-state index < -0.39 is 0 Å². The first-order valence-electron chi connectivity index (χ1n) is 7.04. The summed E-state index contributed by atoms with van der Waals surface area (Å²) in [6.07, 6.45) is 3.99. The van der Waals surface area contributed by atoms with Crippen LogP contribution in [0.4, 0.5) is 0 Å². The standard InChI is InChI=1S/C13H23N5/c1-2-17-4-3-15-13(17)11-16-5-7-18(8-6-16)12-9-14-10-12/h3-4,12,14H,2,5-11H2,1H3. The molecule has 0 radical (unpaired) electrons. The summed E-state index contributed by atoms with van der Waals surface area (Å²) in [6.45, 7) is 11.3. The lowest BCUT2D eigenvalue weighted by Crippen LogP contribution is -2.61. The molecule has 1 N–H and O–H groups in total. The Morgan fingerprint density at radius 1 is 1.28 bits per heavy atom. The van der Waals surface area contributed by atoms with Crippen LogP contribution in [0.5, 0.6) is 0 Å². The Balaban J connectivity index is 1.50. The van der Waals surface area contributed by atoms with Gasteiger partial charge in [0.05, 0.1) is 6.54 Å². The molecule has 0 aliphatic carbocycles. The van der Waals surface area contributed by atoms with Crippen molar-refractivity contribution in [3.05, 3.63) is 18.2 Å². The summed E-state index contributed by atoms with van der Waals surface area (Å²) < 4.78 is 2.24. The fraction of sp³-hybridized carbons (Fsp3) is 0.769. The van der Waals surface area contributed by atoms with Gasteiger partial charge in [0, 0.05) is 64.2 Å². The fourth-order valence-electron chi connectivity index (χ4n) is 2.80. The van der Waals surface area contributed by atoms with Gasteiger partial charge >= 0.3 is 0 Å². The molecule has 1 aromatic heterocycles. The Kier molecular flexibility index (Phi) is 3.63. The van der Waals surface area contributed by atoms with Gasteiger partial charge in [-0.3, -0.25) is 9.80 Å². The van der Waals surface area contributed by atoms with Crippen LogP contribution in [0.3, 0.4) is 0 Å². The Morgan fingerprint density at radius 3 is 2.67 bits per heavy atom. The van der Waals surface area contributed by atoms with Crippen molar-refractivity contribution < 1.29 is 0 Å². The highest BCUT2D eigenvalue weighted by Gasteiger charge is 2.27. The third kappa shape index (κ3) is 2.43. The van der Waals surface area contributed by atoms with E-state index in [-0.39, 0.29) is 0 Å². The molecular formula is C13H23N5. The predicted molar refractivity (Wildman–Crippen MR) is 71.4 cm³/mol. The van der Waals surface area contributed by atoms with Gasteiger partial charge < -0.3 is 9.88 Å². The van der Waals surface area contributed by atoms with Crippen LogP contribution in [0, 0.1) is 0 Å². The molecule has 0 spiro atoms. The first-order valence-corrected chi connectivity index (χ1v) is 7.04. The van der Waals surface area contributed by atoms with Crippen molar-refractivity contribution in [3.8, 4) is 0 Å². The molecule has 0 atom stereocenters. The summed E-state index contributed by atoms with van der Waals surface area (Å²) >= 11 is 0. The zero-order chi connectivity index (χ0) is 12.4. The molecule has 3 heterocycles. The minimum Gasteiger partial charge on any atom is -0.334 e. The highest BCUT2D eigenvalue weighted by Crippen LogP contribution is 2.11. The largest absolute Gasteiger partial charge is 0.334 e. The molecule has 18 heavy (non-hydrogen) atoms. The summed E-state index contributed by atoms with van der Waals surface area (Å²) in [5, 5.41) is 3.35. The molecule has 2 aliphatic rings. The van der Waals surface area contributed by atoms with Gasteiger partial charge in [-0.05, 0) is 6.92 Å². The topological polar surface area (TPSA) is 36.3 Å². The number of nitrogens with one attached hydrogen (secondary N) is 1. The minimum atomic E-state index is 0.796. The lowest BCUT2D eigenvalue weighted by Gasteiger charge is -2.43. The predicted octanol–water partition coefficient (Wildman–Crippen LogP) is -0.00760. The number of piperazine rings is 1. The molecule has 2 fully saturated rings. The van der Waals surface area contributed by atoms with Crippen molar-refractivity contribution in [1.82, 2.24) is 24.7 Å². The maximum atomic E-state index is 4.46. The van der Waals surface area contributed by atoms with Crippen LogP contribution >= 0.6 is 0 Å². The zero-order valence-electron chi connectivity index (χ0n) is 11.2. The monoisotopic (exact) mass is 249 g/mol. The first-order chi connectivity index (χ1) is 8.86. The van der Waals surface area contributed by atoms with Gasteiger partial charge in [0.25, 0.3) is 0 Å². The van der Waals surface area contributed by atoms with E-state index in [9.17, 15) is 0 Å². The Bertz CT molecular complexity index is 376. The van der Waals surface area contributed by atoms with Crippen LogP contribution in [0.25, 0.3) is 0 Å². The highest BCUT2D eigenvalue weighted by molar-refractivity contribution is 4.94. The number of hydrogen-bond acceptors (Lipinski definition) is 4. The molecular weight excluding hydrogens is 226 g/mol. The van der Waals surface area contributed by atoms with Crippen LogP contribution in [-0.4, -0.2) is 64.7 Å². The van der Waals surface area contributed by atoms with Gasteiger partial charge in [-0.1, -0.05) is 0 Å². The number of nitrogens with zero attached hydrogens (tertiary/aromatic N) is 4. The molecule has 0 aromatic carbocycles. The number of aryl methyl sites for hydroxylation is 1. The number of rotatable bonds is 4. The van der Waals surface area contributed by atoms with Gasteiger partial charge in [0.1, 0.15) is 5.82 Å². The first kappa shape index (κ1) is 12.1. The van der Waals surface area contributed by atoms with E-state index in [0.717, 1.165) is 19.1 Å². The number of aromatic nitrogens is 2. The summed E-state index contributed by atoms with van der Waals surface area (Å²) in [4.78, 5) is 9.61. The second-order valence-corrected chi connectivity index (χ2v) is 5.25. The van der Waals surface area contributed by atoms with Gasteiger partial charge in [-0.15, -0.1) is 0 Å². The van der Waals surface area contributed by atoms with E-state index in [1.165, 1.54) is 45.1 Å². The summed E-state index contributed by atoms with van der Waals surface area (Å²) in [6, 6.07) is 0.796.